The summed E-state index contributed by atoms with van der Waals surface area (Å²) >= 11 is 0. The average molecular weight is 364 g/mol. The minimum absolute atomic E-state index is 0.463. The van der Waals surface area contributed by atoms with Crippen molar-refractivity contribution in [3.63, 3.8) is 0 Å². The molecule has 0 unspecified atom stereocenters. The van der Waals surface area contributed by atoms with Gasteiger partial charge in [0.2, 0.25) is 0 Å². The Morgan fingerprint density at radius 1 is 1.15 bits per heavy atom. The molecule has 0 bridgehead atoms. The van der Waals surface area contributed by atoms with E-state index in [1.807, 2.05) is 19.3 Å². The first-order valence-electron chi connectivity index (χ1n) is 9.83. The van der Waals surface area contributed by atoms with E-state index >= 15 is 0 Å². The Hall–Kier alpha value is -2.47. The molecule has 6 heteroatoms. The Bertz CT molecular complexity index is 866. The molecule has 142 valence electrons. The predicted molar refractivity (Wildman–Crippen MR) is 106 cm³/mol. The second-order valence-corrected chi connectivity index (χ2v) is 7.51. The zero-order valence-corrected chi connectivity index (χ0v) is 16.3. The largest absolute Gasteiger partial charge is 0.328 e. The van der Waals surface area contributed by atoms with Gasteiger partial charge in [-0.1, -0.05) is 30.3 Å². The van der Waals surface area contributed by atoms with Gasteiger partial charge in [-0.2, -0.15) is 0 Å². The summed E-state index contributed by atoms with van der Waals surface area (Å²) in [6.45, 7) is 6.10. The third-order valence-corrected chi connectivity index (χ3v) is 5.66. The molecule has 3 aromatic rings. The van der Waals surface area contributed by atoms with E-state index in [4.69, 9.17) is 0 Å². The van der Waals surface area contributed by atoms with Gasteiger partial charge in [0.25, 0.3) is 0 Å². The second kappa shape index (κ2) is 8.05. The van der Waals surface area contributed by atoms with Crippen LogP contribution in [0.3, 0.4) is 0 Å². The third kappa shape index (κ3) is 4.11. The molecule has 0 spiro atoms. The molecular formula is C21H28N6. The highest BCUT2D eigenvalue weighted by molar-refractivity contribution is 5.15. The second-order valence-electron chi connectivity index (χ2n) is 7.51. The standard InChI is InChI=1S/C21H28N6/c1-17-22-11-14-27(17)16-20-23-24-21(25(20)2)19-9-6-12-26(15-19)13-10-18-7-4-3-5-8-18/h3-5,7-8,11,14,19H,6,9-10,12-13,15-16H2,1-2H3/t19-/m0/s1. The van der Waals surface area contributed by atoms with Crippen molar-refractivity contribution in [2.75, 3.05) is 19.6 Å². The number of nitrogens with zero attached hydrogens (tertiary/aromatic N) is 6. The molecular weight excluding hydrogens is 336 g/mol. The number of imidazole rings is 1. The number of hydrogen-bond donors (Lipinski definition) is 0. The van der Waals surface area contributed by atoms with Crippen LogP contribution in [0.5, 0.6) is 0 Å². The van der Waals surface area contributed by atoms with Gasteiger partial charge in [-0.3, -0.25) is 0 Å². The summed E-state index contributed by atoms with van der Waals surface area (Å²) < 4.78 is 4.30. The highest BCUT2D eigenvalue weighted by Crippen LogP contribution is 2.26. The molecule has 1 saturated heterocycles. The fourth-order valence-electron chi connectivity index (χ4n) is 3.99. The number of benzene rings is 1. The minimum atomic E-state index is 0.463. The number of aromatic nitrogens is 5. The fourth-order valence-corrected chi connectivity index (χ4v) is 3.99. The van der Waals surface area contributed by atoms with E-state index in [1.54, 1.807) is 0 Å². The van der Waals surface area contributed by atoms with Crippen LogP contribution in [0.25, 0.3) is 0 Å². The average Bonchev–Trinajstić information content (AvgIpc) is 3.27. The molecule has 3 heterocycles. The summed E-state index contributed by atoms with van der Waals surface area (Å²) in [5, 5.41) is 9.03. The van der Waals surface area contributed by atoms with Crippen LogP contribution in [0.4, 0.5) is 0 Å². The molecule has 1 aliphatic heterocycles. The van der Waals surface area contributed by atoms with E-state index in [-0.39, 0.29) is 0 Å². The molecule has 4 rings (SSSR count). The van der Waals surface area contributed by atoms with Gasteiger partial charge in [0.15, 0.2) is 5.82 Å². The van der Waals surface area contributed by atoms with E-state index in [2.05, 4.69) is 66.6 Å². The Kier molecular flexibility index (Phi) is 5.34. The first kappa shape index (κ1) is 17.9. The van der Waals surface area contributed by atoms with Gasteiger partial charge in [0.05, 0.1) is 6.54 Å². The van der Waals surface area contributed by atoms with Crippen molar-refractivity contribution in [2.24, 2.45) is 7.05 Å². The van der Waals surface area contributed by atoms with Gasteiger partial charge in [0, 0.05) is 38.4 Å². The zero-order chi connectivity index (χ0) is 18.6. The van der Waals surface area contributed by atoms with E-state index < -0.39 is 0 Å². The van der Waals surface area contributed by atoms with Gasteiger partial charge in [-0.15, -0.1) is 10.2 Å². The quantitative estimate of drug-likeness (QED) is 0.675. The summed E-state index contributed by atoms with van der Waals surface area (Å²) in [5.41, 5.74) is 1.41. The van der Waals surface area contributed by atoms with Gasteiger partial charge < -0.3 is 14.0 Å². The number of piperidine rings is 1. The van der Waals surface area contributed by atoms with Gasteiger partial charge in [-0.05, 0) is 38.3 Å². The molecule has 1 aliphatic rings. The lowest BCUT2D eigenvalue weighted by Crippen LogP contribution is -2.36. The molecule has 2 aromatic heterocycles. The first-order valence-corrected chi connectivity index (χ1v) is 9.83. The van der Waals surface area contributed by atoms with Crippen molar-refractivity contribution >= 4 is 0 Å². The van der Waals surface area contributed by atoms with E-state index in [9.17, 15) is 0 Å². The molecule has 0 N–H and O–H groups in total. The van der Waals surface area contributed by atoms with Crippen molar-refractivity contribution in [3.8, 4) is 0 Å². The summed E-state index contributed by atoms with van der Waals surface area (Å²) in [5.74, 6) is 3.58. The van der Waals surface area contributed by atoms with Crippen LogP contribution >= 0.6 is 0 Å². The highest BCUT2D eigenvalue weighted by atomic mass is 15.3. The topological polar surface area (TPSA) is 51.8 Å². The van der Waals surface area contributed by atoms with Crippen LogP contribution in [-0.4, -0.2) is 48.8 Å². The van der Waals surface area contributed by atoms with Crippen LogP contribution < -0.4 is 0 Å². The zero-order valence-electron chi connectivity index (χ0n) is 16.3. The first-order chi connectivity index (χ1) is 13.2. The molecule has 6 nitrogen and oxygen atoms in total. The van der Waals surface area contributed by atoms with E-state index in [0.29, 0.717) is 5.92 Å². The minimum Gasteiger partial charge on any atom is -0.328 e. The van der Waals surface area contributed by atoms with Crippen LogP contribution in [0, 0.1) is 6.92 Å². The molecule has 0 amide bonds. The van der Waals surface area contributed by atoms with Crippen LogP contribution in [-0.2, 0) is 20.0 Å². The van der Waals surface area contributed by atoms with Crippen molar-refractivity contribution in [1.82, 2.24) is 29.2 Å². The maximum Gasteiger partial charge on any atom is 0.152 e. The SMILES string of the molecule is Cc1nccn1Cc1nnc([C@H]2CCCN(CCc3ccccc3)C2)n1C. The van der Waals surface area contributed by atoms with Gasteiger partial charge in [0.1, 0.15) is 11.6 Å². The van der Waals surface area contributed by atoms with Crippen LogP contribution in [0.15, 0.2) is 42.7 Å². The maximum atomic E-state index is 4.55. The highest BCUT2D eigenvalue weighted by Gasteiger charge is 2.25. The lowest BCUT2D eigenvalue weighted by molar-refractivity contribution is 0.204. The Balaban J connectivity index is 1.40. The molecule has 0 radical (unpaired) electrons. The lowest BCUT2D eigenvalue weighted by Gasteiger charge is -2.32. The summed E-state index contributed by atoms with van der Waals surface area (Å²) in [6, 6.07) is 10.8. The van der Waals surface area contributed by atoms with E-state index in [1.165, 1.54) is 24.9 Å². The van der Waals surface area contributed by atoms with Crippen molar-refractivity contribution in [3.05, 3.63) is 65.8 Å². The normalized spacial score (nSPS) is 18.1. The smallest absolute Gasteiger partial charge is 0.152 e. The van der Waals surface area contributed by atoms with Crippen molar-refractivity contribution in [2.45, 2.75) is 38.6 Å². The third-order valence-electron chi connectivity index (χ3n) is 5.66. The Morgan fingerprint density at radius 2 is 2.00 bits per heavy atom. The van der Waals surface area contributed by atoms with Crippen molar-refractivity contribution < 1.29 is 0 Å². The molecule has 0 saturated carbocycles. The van der Waals surface area contributed by atoms with Crippen LogP contribution in [0.2, 0.25) is 0 Å². The van der Waals surface area contributed by atoms with Gasteiger partial charge in [-0.25, -0.2) is 4.98 Å². The summed E-state index contributed by atoms with van der Waals surface area (Å²) in [4.78, 5) is 6.87. The monoisotopic (exact) mass is 364 g/mol. The maximum absolute atomic E-state index is 4.55. The summed E-state index contributed by atoms with van der Waals surface area (Å²) in [6.07, 6.45) is 7.35. The lowest BCUT2D eigenvalue weighted by atomic mass is 9.96. The number of rotatable bonds is 6. The number of hydrogen-bond acceptors (Lipinski definition) is 4. The van der Waals surface area contributed by atoms with Gasteiger partial charge >= 0.3 is 0 Å². The number of aryl methyl sites for hydroxylation is 1. The Morgan fingerprint density at radius 3 is 2.78 bits per heavy atom. The van der Waals surface area contributed by atoms with Crippen molar-refractivity contribution in [1.29, 1.82) is 0 Å². The Labute approximate surface area is 160 Å². The molecule has 1 fully saturated rings. The molecule has 0 aliphatic carbocycles. The molecule has 1 atom stereocenters. The predicted octanol–water partition coefficient (Wildman–Crippen LogP) is 2.79. The fraction of sp³-hybridized carbons (Fsp3) is 0.476. The number of likely N-dealkylation sites (tertiary alicyclic amines) is 1. The molecule has 1 aromatic carbocycles. The molecule has 27 heavy (non-hydrogen) atoms. The van der Waals surface area contributed by atoms with Crippen LogP contribution in [0.1, 0.15) is 41.8 Å². The van der Waals surface area contributed by atoms with E-state index in [0.717, 1.165) is 43.5 Å². The summed E-state index contributed by atoms with van der Waals surface area (Å²) in [7, 11) is 2.10.